The number of aliphatic hydroxyl groups is 2. The summed E-state index contributed by atoms with van der Waals surface area (Å²) in [6, 6.07) is 9.71. The molecule has 1 aromatic carbocycles. The Bertz CT molecular complexity index is 356. The van der Waals surface area contributed by atoms with Crippen LogP contribution >= 0.6 is 0 Å². The molecule has 86 valence electrons. The smallest absolute Gasteiger partial charge is 0.0834 e. The summed E-state index contributed by atoms with van der Waals surface area (Å²) in [6.45, 7) is 5.26. The predicted molar refractivity (Wildman–Crippen MR) is 66.9 cm³/mol. The number of rotatable bonds is 5. The van der Waals surface area contributed by atoms with Gasteiger partial charge in [0.1, 0.15) is 0 Å². The Morgan fingerprint density at radius 1 is 1.38 bits per heavy atom. The maximum Gasteiger partial charge on any atom is 0.0834 e. The molecule has 2 heteroatoms. The summed E-state index contributed by atoms with van der Waals surface area (Å²) in [4.78, 5) is 0. The fourth-order valence-corrected chi connectivity index (χ4v) is 1.27. The molecule has 0 bridgehead atoms. The average molecular weight is 218 g/mol. The second-order valence-electron chi connectivity index (χ2n) is 4.08. The summed E-state index contributed by atoms with van der Waals surface area (Å²) < 4.78 is 0. The van der Waals surface area contributed by atoms with Gasteiger partial charge in [-0.25, -0.2) is 0 Å². The molecule has 0 aliphatic carbocycles. The van der Waals surface area contributed by atoms with Crippen LogP contribution in [-0.2, 0) is 0 Å². The lowest BCUT2D eigenvalue weighted by Gasteiger charge is -2.26. The van der Waals surface area contributed by atoms with E-state index in [0.29, 0.717) is 0 Å². The highest BCUT2D eigenvalue weighted by Gasteiger charge is 2.26. The van der Waals surface area contributed by atoms with Crippen molar-refractivity contribution < 1.29 is 10.2 Å². The minimum Gasteiger partial charge on any atom is -0.395 e. The van der Waals surface area contributed by atoms with E-state index < -0.39 is 11.5 Å². The van der Waals surface area contributed by atoms with Crippen LogP contribution in [0.5, 0.6) is 0 Å². The molecule has 16 heavy (non-hydrogen) atoms. The normalized spacial score (nSPS) is 16.9. The zero-order valence-electron chi connectivity index (χ0n) is 9.50. The molecule has 2 atom stereocenters. The Kier molecular flexibility index (Phi) is 4.47. The van der Waals surface area contributed by atoms with Crippen molar-refractivity contribution in [1.29, 1.82) is 0 Å². The van der Waals surface area contributed by atoms with Crippen LogP contribution in [0.1, 0.15) is 12.5 Å². The molecule has 0 spiro atoms. The van der Waals surface area contributed by atoms with Crippen LogP contribution in [-0.4, -0.2) is 22.9 Å². The summed E-state index contributed by atoms with van der Waals surface area (Å²) >= 11 is 0. The third kappa shape index (κ3) is 3.05. The lowest BCUT2D eigenvalue weighted by atomic mass is 9.85. The van der Waals surface area contributed by atoms with Gasteiger partial charge in [0.15, 0.2) is 0 Å². The van der Waals surface area contributed by atoms with E-state index in [2.05, 4.69) is 6.58 Å². The van der Waals surface area contributed by atoms with E-state index in [-0.39, 0.29) is 6.61 Å². The molecule has 1 rings (SSSR count). The maximum atomic E-state index is 9.91. The van der Waals surface area contributed by atoms with Crippen LogP contribution in [0, 0.1) is 5.41 Å². The van der Waals surface area contributed by atoms with Gasteiger partial charge in [0.2, 0.25) is 0 Å². The van der Waals surface area contributed by atoms with E-state index in [1.54, 1.807) is 19.1 Å². The molecule has 0 radical (unpaired) electrons. The fourth-order valence-electron chi connectivity index (χ4n) is 1.27. The molecule has 0 saturated carbocycles. The van der Waals surface area contributed by atoms with Crippen molar-refractivity contribution in [2.45, 2.75) is 13.0 Å². The zero-order valence-corrected chi connectivity index (χ0v) is 9.50. The Balaban J connectivity index is 2.74. The third-order valence-electron chi connectivity index (χ3n) is 2.75. The Hall–Kier alpha value is -1.38. The van der Waals surface area contributed by atoms with Crippen LogP contribution in [0.3, 0.4) is 0 Å². The molecular weight excluding hydrogens is 200 g/mol. The van der Waals surface area contributed by atoms with Gasteiger partial charge in [-0.3, -0.25) is 0 Å². The molecule has 0 fully saturated rings. The molecule has 2 nitrogen and oxygen atoms in total. The quantitative estimate of drug-likeness (QED) is 0.744. The van der Waals surface area contributed by atoms with Crippen LogP contribution in [0.4, 0.5) is 0 Å². The first-order valence-corrected chi connectivity index (χ1v) is 5.28. The Morgan fingerprint density at radius 3 is 2.50 bits per heavy atom. The number of hydrogen-bond acceptors (Lipinski definition) is 2. The number of benzene rings is 1. The van der Waals surface area contributed by atoms with E-state index >= 15 is 0 Å². The van der Waals surface area contributed by atoms with Crippen LogP contribution in [0.15, 0.2) is 49.1 Å². The van der Waals surface area contributed by atoms with Gasteiger partial charge in [-0.2, -0.15) is 0 Å². The molecule has 0 saturated heterocycles. The lowest BCUT2D eigenvalue weighted by molar-refractivity contribution is 0.0603. The van der Waals surface area contributed by atoms with Crippen molar-refractivity contribution in [1.82, 2.24) is 0 Å². The molecule has 0 heterocycles. The molecule has 0 amide bonds. The van der Waals surface area contributed by atoms with Gasteiger partial charge in [-0.15, -0.1) is 6.58 Å². The molecule has 1 aromatic rings. The molecule has 0 aliphatic rings. The standard InChI is InChI=1S/C14H18O2/c1-3-14(2,11-15)13(16)10-9-12-7-5-4-6-8-12/h3-10,13,15-16H,1,11H2,2H3/b10-9+/t13-,14+/m0/s1. The van der Waals surface area contributed by atoms with Crippen LogP contribution in [0.25, 0.3) is 6.08 Å². The van der Waals surface area contributed by atoms with E-state index in [1.165, 1.54) is 0 Å². The summed E-state index contributed by atoms with van der Waals surface area (Å²) in [5.74, 6) is 0. The molecule has 0 unspecified atom stereocenters. The minimum absolute atomic E-state index is 0.128. The first kappa shape index (κ1) is 12.7. The van der Waals surface area contributed by atoms with Crippen molar-refractivity contribution in [3.8, 4) is 0 Å². The summed E-state index contributed by atoms with van der Waals surface area (Å²) in [5.41, 5.74) is 0.330. The van der Waals surface area contributed by atoms with Gasteiger partial charge < -0.3 is 10.2 Å². The second kappa shape index (κ2) is 5.64. The highest BCUT2D eigenvalue weighted by Crippen LogP contribution is 2.23. The van der Waals surface area contributed by atoms with Crippen LogP contribution < -0.4 is 0 Å². The van der Waals surface area contributed by atoms with Crippen molar-refractivity contribution in [2.75, 3.05) is 6.61 Å². The molecule has 2 N–H and O–H groups in total. The topological polar surface area (TPSA) is 40.5 Å². The first-order chi connectivity index (χ1) is 7.62. The highest BCUT2D eigenvalue weighted by molar-refractivity contribution is 5.49. The molecule has 0 aliphatic heterocycles. The summed E-state index contributed by atoms with van der Waals surface area (Å²) in [7, 11) is 0. The largest absolute Gasteiger partial charge is 0.395 e. The Morgan fingerprint density at radius 2 is 2.00 bits per heavy atom. The summed E-state index contributed by atoms with van der Waals surface area (Å²) in [6.07, 6.45) is 4.35. The first-order valence-electron chi connectivity index (χ1n) is 5.28. The number of aliphatic hydroxyl groups excluding tert-OH is 2. The van der Waals surface area contributed by atoms with E-state index in [9.17, 15) is 10.2 Å². The van der Waals surface area contributed by atoms with Crippen molar-refractivity contribution >= 4 is 6.08 Å². The third-order valence-corrected chi connectivity index (χ3v) is 2.75. The molecular formula is C14H18O2. The molecule has 0 aromatic heterocycles. The van der Waals surface area contributed by atoms with Gasteiger partial charge in [-0.1, -0.05) is 55.5 Å². The van der Waals surface area contributed by atoms with Gasteiger partial charge in [0, 0.05) is 5.41 Å². The van der Waals surface area contributed by atoms with E-state index in [4.69, 9.17) is 0 Å². The van der Waals surface area contributed by atoms with Crippen molar-refractivity contribution in [3.05, 3.63) is 54.6 Å². The van der Waals surface area contributed by atoms with Crippen molar-refractivity contribution in [2.24, 2.45) is 5.41 Å². The highest BCUT2D eigenvalue weighted by atomic mass is 16.3. The van der Waals surface area contributed by atoms with E-state index in [0.717, 1.165) is 5.56 Å². The predicted octanol–water partition coefficient (Wildman–Crippen LogP) is 2.25. The average Bonchev–Trinajstić information content (AvgIpc) is 2.36. The zero-order chi connectivity index (χ0) is 12.0. The monoisotopic (exact) mass is 218 g/mol. The number of hydrogen-bond donors (Lipinski definition) is 2. The maximum absolute atomic E-state index is 9.91. The van der Waals surface area contributed by atoms with Gasteiger partial charge in [0.25, 0.3) is 0 Å². The Labute approximate surface area is 96.6 Å². The fraction of sp³-hybridized carbons (Fsp3) is 0.286. The lowest BCUT2D eigenvalue weighted by Crippen LogP contribution is -2.32. The SMILES string of the molecule is C=C[C@](C)(CO)[C@@H](O)/C=C/c1ccccc1. The minimum atomic E-state index is -0.741. The van der Waals surface area contributed by atoms with Gasteiger partial charge in [0.05, 0.1) is 12.7 Å². The van der Waals surface area contributed by atoms with Crippen molar-refractivity contribution in [3.63, 3.8) is 0 Å². The van der Waals surface area contributed by atoms with Gasteiger partial charge in [-0.05, 0) is 5.56 Å². The van der Waals surface area contributed by atoms with E-state index in [1.807, 2.05) is 36.4 Å². The van der Waals surface area contributed by atoms with Gasteiger partial charge >= 0.3 is 0 Å². The summed E-state index contributed by atoms with van der Waals surface area (Å²) in [5, 5.41) is 19.1. The second-order valence-corrected chi connectivity index (χ2v) is 4.08. The van der Waals surface area contributed by atoms with Crippen LogP contribution in [0.2, 0.25) is 0 Å².